The lowest BCUT2D eigenvalue weighted by Crippen LogP contribution is -2.21. The van der Waals surface area contributed by atoms with E-state index in [1.54, 1.807) is 6.07 Å². The second kappa shape index (κ2) is 5.70. The molecule has 1 aromatic carbocycles. The summed E-state index contributed by atoms with van der Waals surface area (Å²) in [7, 11) is 0. The second-order valence-corrected chi connectivity index (χ2v) is 5.93. The van der Waals surface area contributed by atoms with E-state index >= 15 is 0 Å². The van der Waals surface area contributed by atoms with Crippen molar-refractivity contribution in [2.24, 2.45) is 0 Å². The number of fused-ring (bicyclic) bond motifs is 1. The number of benzene rings is 1. The fourth-order valence-corrected chi connectivity index (χ4v) is 2.83. The molecule has 1 N–H and O–H groups in total. The average Bonchev–Trinajstić information content (AvgIpc) is 3.21. The molecule has 0 saturated carbocycles. The Morgan fingerprint density at radius 3 is 2.84 bits per heavy atom. The maximum atomic E-state index is 11.6. The molecule has 0 aliphatic heterocycles. The molecule has 0 amide bonds. The van der Waals surface area contributed by atoms with Crippen molar-refractivity contribution in [3.63, 3.8) is 0 Å². The normalized spacial score (nSPS) is 11.3. The summed E-state index contributed by atoms with van der Waals surface area (Å²) in [5, 5.41) is 9.44. The van der Waals surface area contributed by atoms with Gasteiger partial charge < -0.3 is 9.51 Å². The Morgan fingerprint density at radius 2 is 2.04 bits per heavy atom. The van der Waals surface area contributed by atoms with E-state index in [0.29, 0.717) is 24.0 Å². The zero-order chi connectivity index (χ0) is 17.6. The Balaban J connectivity index is 1.76. The Kier molecular flexibility index (Phi) is 3.49. The van der Waals surface area contributed by atoms with Gasteiger partial charge in [0.2, 0.25) is 5.82 Å². The van der Waals surface area contributed by atoms with Gasteiger partial charge in [0, 0.05) is 34.8 Å². The van der Waals surface area contributed by atoms with Crippen LogP contribution in [0.2, 0.25) is 0 Å². The number of aromatic amines is 1. The zero-order valence-corrected chi connectivity index (χ0v) is 14.2. The van der Waals surface area contributed by atoms with Gasteiger partial charge in [0.1, 0.15) is 5.69 Å². The van der Waals surface area contributed by atoms with E-state index in [9.17, 15) is 4.79 Å². The van der Waals surface area contributed by atoms with Gasteiger partial charge in [-0.25, -0.2) is 4.68 Å². The summed E-state index contributed by atoms with van der Waals surface area (Å²) >= 11 is 0. The summed E-state index contributed by atoms with van der Waals surface area (Å²) in [6.07, 6.45) is 0. The van der Waals surface area contributed by atoms with E-state index in [1.807, 2.05) is 25.1 Å². The maximum Gasteiger partial charge on any atom is 0.278 e. The largest absolute Gasteiger partial charge is 0.358 e. The van der Waals surface area contributed by atoms with Crippen LogP contribution in [0.1, 0.15) is 18.2 Å². The number of H-pyrrole nitrogens is 1. The van der Waals surface area contributed by atoms with Crippen molar-refractivity contribution in [3.8, 4) is 23.0 Å². The van der Waals surface area contributed by atoms with Crippen molar-refractivity contribution in [1.82, 2.24) is 24.9 Å². The first-order valence-electron chi connectivity index (χ1n) is 8.08. The fourth-order valence-electron chi connectivity index (χ4n) is 2.83. The summed E-state index contributed by atoms with van der Waals surface area (Å²) < 4.78 is 6.70. The van der Waals surface area contributed by atoms with Crippen LogP contribution < -0.4 is 5.56 Å². The first-order valence-corrected chi connectivity index (χ1v) is 8.08. The van der Waals surface area contributed by atoms with E-state index < -0.39 is 0 Å². The Labute approximate surface area is 143 Å². The van der Waals surface area contributed by atoms with Crippen LogP contribution in [-0.2, 0) is 6.54 Å². The molecular formula is C18H17N5O2. The third-order valence-electron chi connectivity index (χ3n) is 4.38. The van der Waals surface area contributed by atoms with Crippen molar-refractivity contribution >= 4 is 10.9 Å². The van der Waals surface area contributed by atoms with Gasteiger partial charge in [-0.05, 0) is 50.6 Å². The molecular weight excluding hydrogens is 318 g/mol. The Bertz CT molecular complexity index is 1140. The van der Waals surface area contributed by atoms with Crippen molar-refractivity contribution in [1.29, 1.82) is 0 Å². The fraction of sp³-hybridized carbons (Fsp3) is 0.222. The molecule has 0 unspecified atom stereocenters. The predicted octanol–water partition coefficient (Wildman–Crippen LogP) is 3.08. The highest BCUT2D eigenvalue weighted by Gasteiger charge is 2.14. The molecule has 0 spiro atoms. The summed E-state index contributed by atoms with van der Waals surface area (Å²) in [6, 6.07) is 9.05. The van der Waals surface area contributed by atoms with Crippen LogP contribution in [0.4, 0.5) is 0 Å². The number of hydrogen-bond acceptors (Lipinski definition) is 5. The lowest BCUT2D eigenvalue weighted by molar-refractivity contribution is 0.428. The molecule has 0 aliphatic rings. The molecule has 4 rings (SSSR count). The topological polar surface area (TPSA) is 89.6 Å². The van der Waals surface area contributed by atoms with Gasteiger partial charge in [0.05, 0.1) is 0 Å². The van der Waals surface area contributed by atoms with Crippen LogP contribution in [0.5, 0.6) is 0 Å². The lowest BCUT2D eigenvalue weighted by atomic mass is 10.1. The number of nitrogens with one attached hydrogen (secondary N) is 1. The zero-order valence-electron chi connectivity index (χ0n) is 14.2. The van der Waals surface area contributed by atoms with Crippen LogP contribution in [0.15, 0.2) is 39.6 Å². The van der Waals surface area contributed by atoms with E-state index in [1.165, 1.54) is 16.3 Å². The minimum atomic E-state index is -0.158. The molecule has 7 heteroatoms. The molecule has 0 radical (unpaired) electrons. The molecule has 0 aliphatic carbocycles. The average molecular weight is 335 g/mol. The minimum Gasteiger partial charge on any atom is -0.358 e. The standard InChI is InChI=1S/C18H17N5O2/c1-4-23-16(24)8-7-15(21-23)18-20-17(22-25-18)12-5-6-14-13(9-12)10(2)11(3)19-14/h5-9,19H,4H2,1-3H3. The van der Waals surface area contributed by atoms with Crippen LogP contribution in [-0.4, -0.2) is 24.9 Å². The summed E-state index contributed by atoms with van der Waals surface area (Å²) in [5.41, 5.74) is 4.63. The molecule has 4 aromatic rings. The first-order chi connectivity index (χ1) is 12.1. The van der Waals surface area contributed by atoms with Gasteiger partial charge in [-0.3, -0.25) is 4.79 Å². The smallest absolute Gasteiger partial charge is 0.278 e. The van der Waals surface area contributed by atoms with Crippen molar-refractivity contribution in [2.45, 2.75) is 27.3 Å². The van der Waals surface area contributed by atoms with Crippen LogP contribution in [0.3, 0.4) is 0 Å². The van der Waals surface area contributed by atoms with Crippen molar-refractivity contribution in [3.05, 3.63) is 51.9 Å². The van der Waals surface area contributed by atoms with Crippen LogP contribution in [0, 0.1) is 13.8 Å². The third-order valence-corrected chi connectivity index (χ3v) is 4.38. The van der Waals surface area contributed by atoms with Crippen LogP contribution in [0.25, 0.3) is 33.9 Å². The number of rotatable bonds is 3. The molecule has 25 heavy (non-hydrogen) atoms. The van der Waals surface area contributed by atoms with E-state index in [2.05, 4.69) is 34.1 Å². The van der Waals surface area contributed by atoms with Crippen molar-refractivity contribution in [2.75, 3.05) is 0 Å². The summed E-state index contributed by atoms with van der Waals surface area (Å²) in [5.74, 6) is 0.783. The molecule has 0 bridgehead atoms. The second-order valence-electron chi connectivity index (χ2n) is 5.93. The maximum absolute atomic E-state index is 11.6. The van der Waals surface area contributed by atoms with E-state index in [4.69, 9.17) is 4.52 Å². The van der Waals surface area contributed by atoms with Gasteiger partial charge in [0.25, 0.3) is 11.4 Å². The Morgan fingerprint density at radius 1 is 1.20 bits per heavy atom. The minimum absolute atomic E-state index is 0.158. The van der Waals surface area contributed by atoms with Crippen molar-refractivity contribution < 1.29 is 4.52 Å². The first kappa shape index (κ1) is 15.3. The van der Waals surface area contributed by atoms with Crippen LogP contribution >= 0.6 is 0 Å². The van der Waals surface area contributed by atoms with Gasteiger partial charge in [-0.1, -0.05) is 5.16 Å². The predicted molar refractivity (Wildman–Crippen MR) is 94.2 cm³/mol. The summed E-state index contributed by atoms with van der Waals surface area (Å²) in [6.45, 7) is 6.47. The molecule has 3 heterocycles. The highest BCUT2D eigenvalue weighted by Crippen LogP contribution is 2.27. The van der Waals surface area contributed by atoms with Gasteiger partial charge in [-0.2, -0.15) is 10.1 Å². The van der Waals surface area contributed by atoms with Gasteiger partial charge >= 0.3 is 0 Å². The Hall–Kier alpha value is -3.22. The molecule has 0 atom stereocenters. The molecule has 7 nitrogen and oxygen atoms in total. The number of aromatic nitrogens is 5. The van der Waals surface area contributed by atoms with E-state index in [-0.39, 0.29) is 5.56 Å². The number of hydrogen-bond donors (Lipinski definition) is 1. The molecule has 0 saturated heterocycles. The quantitative estimate of drug-likeness (QED) is 0.621. The highest BCUT2D eigenvalue weighted by molar-refractivity contribution is 5.88. The monoisotopic (exact) mass is 335 g/mol. The molecule has 3 aromatic heterocycles. The van der Waals surface area contributed by atoms with E-state index in [0.717, 1.165) is 22.2 Å². The number of aryl methyl sites for hydroxylation is 3. The third kappa shape index (κ3) is 2.53. The van der Waals surface area contributed by atoms with Gasteiger partial charge in [0.15, 0.2) is 0 Å². The van der Waals surface area contributed by atoms with Gasteiger partial charge in [-0.15, -0.1) is 0 Å². The highest BCUT2D eigenvalue weighted by atomic mass is 16.5. The summed E-state index contributed by atoms with van der Waals surface area (Å²) in [4.78, 5) is 19.4. The lowest BCUT2D eigenvalue weighted by Gasteiger charge is -2.00. The molecule has 0 fully saturated rings. The molecule has 126 valence electrons. The number of nitrogens with zero attached hydrogens (tertiary/aromatic N) is 4. The SMILES string of the molecule is CCn1nc(-c2nc(-c3ccc4[nH]c(C)c(C)c4c3)no2)ccc1=O.